The summed E-state index contributed by atoms with van der Waals surface area (Å²) in [5.74, 6) is -0.714. The molecule has 2 aromatic rings. The molecule has 0 fully saturated rings. The molecule has 0 spiro atoms. The Labute approximate surface area is 175 Å². The van der Waals surface area contributed by atoms with Crippen LogP contribution in [0.25, 0.3) is 6.08 Å². The van der Waals surface area contributed by atoms with Gasteiger partial charge in [0.2, 0.25) is 5.90 Å². The van der Waals surface area contributed by atoms with E-state index in [-0.39, 0.29) is 33.6 Å². The molecule has 0 unspecified atom stereocenters. The van der Waals surface area contributed by atoms with Crippen LogP contribution in [0.5, 0.6) is 11.5 Å². The van der Waals surface area contributed by atoms with Crippen molar-refractivity contribution in [2.75, 3.05) is 6.61 Å². The van der Waals surface area contributed by atoms with Crippen LogP contribution in [0.1, 0.15) is 25.0 Å². The van der Waals surface area contributed by atoms with E-state index in [0.717, 1.165) is 0 Å². The molecule has 0 bridgehead atoms. The van der Waals surface area contributed by atoms with Gasteiger partial charge in [-0.2, -0.15) is 0 Å². The molecule has 30 heavy (non-hydrogen) atoms. The molecular weight excluding hydrogens is 416 g/mol. The number of rotatable bonds is 6. The Morgan fingerprint density at radius 1 is 1.27 bits per heavy atom. The molecule has 0 radical (unpaired) electrons. The second-order valence-electron chi connectivity index (χ2n) is 5.99. The Morgan fingerprint density at radius 3 is 2.70 bits per heavy atom. The molecule has 2 aromatic carbocycles. The Balaban J connectivity index is 1.94. The van der Waals surface area contributed by atoms with Crippen molar-refractivity contribution in [3.05, 3.63) is 68.4 Å². The number of ether oxygens (including phenoxy) is 3. The third-order valence-electron chi connectivity index (χ3n) is 3.83. The number of carbonyl (C=O) groups is 2. The highest BCUT2D eigenvalue weighted by Gasteiger charge is 2.26. The van der Waals surface area contributed by atoms with E-state index in [9.17, 15) is 19.7 Å². The molecule has 0 saturated heterocycles. The SMILES string of the molecule is CCOc1cc(/C=C2/N=C(c3ccc(Cl)c([N+](=O)[O-])c3)OC2=O)ccc1OC(C)=O. The minimum Gasteiger partial charge on any atom is -0.490 e. The van der Waals surface area contributed by atoms with Gasteiger partial charge in [-0.15, -0.1) is 0 Å². The van der Waals surface area contributed by atoms with Gasteiger partial charge in [0.1, 0.15) is 5.02 Å². The fraction of sp³-hybridized carbons (Fsp3) is 0.150. The molecule has 1 aliphatic heterocycles. The second-order valence-corrected chi connectivity index (χ2v) is 6.40. The maximum atomic E-state index is 12.2. The van der Waals surface area contributed by atoms with Gasteiger partial charge >= 0.3 is 11.9 Å². The highest BCUT2D eigenvalue weighted by molar-refractivity contribution is 6.32. The lowest BCUT2D eigenvalue weighted by atomic mass is 10.1. The van der Waals surface area contributed by atoms with Gasteiger partial charge in [-0.05, 0) is 42.8 Å². The van der Waals surface area contributed by atoms with E-state index in [0.29, 0.717) is 17.9 Å². The Bertz CT molecular complexity index is 1110. The topological polar surface area (TPSA) is 117 Å². The monoisotopic (exact) mass is 430 g/mol. The minimum atomic E-state index is -0.718. The Morgan fingerprint density at radius 2 is 2.03 bits per heavy atom. The maximum Gasteiger partial charge on any atom is 0.363 e. The summed E-state index contributed by atoms with van der Waals surface area (Å²) in [7, 11) is 0. The minimum absolute atomic E-state index is 0.00899. The summed E-state index contributed by atoms with van der Waals surface area (Å²) in [6, 6.07) is 8.70. The molecule has 0 aromatic heterocycles. The zero-order valence-electron chi connectivity index (χ0n) is 15.9. The van der Waals surface area contributed by atoms with E-state index in [1.165, 1.54) is 37.3 Å². The van der Waals surface area contributed by atoms with Crippen LogP contribution in [-0.4, -0.2) is 29.4 Å². The standard InChI is InChI=1S/C20H15ClN2O7/c1-3-28-18-9-12(4-7-17(18)29-11(2)24)8-15-20(25)30-19(22-15)13-5-6-14(21)16(10-13)23(26)27/h4-10H,3H2,1-2H3/b15-8+. The maximum absolute atomic E-state index is 12.2. The molecule has 0 atom stereocenters. The fourth-order valence-electron chi connectivity index (χ4n) is 2.60. The van der Waals surface area contributed by atoms with E-state index in [1.54, 1.807) is 19.1 Å². The van der Waals surface area contributed by atoms with Crippen LogP contribution >= 0.6 is 11.6 Å². The van der Waals surface area contributed by atoms with Crippen molar-refractivity contribution in [3.63, 3.8) is 0 Å². The normalized spacial score (nSPS) is 14.3. The predicted octanol–water partition coefficient (Wildman–Crippen LogP) is 3.92. The number of carbonyl (C=O) groups excluding carboxylic acids is 2. The van der Waals surface area contributed by atoms with Gasteiger partial charge in [-0.25, -0.2) is 9.79 Å². The smallest absolute Gasteiger partial charge is 0.363 e. The summed E-state index contributed by atoms with van der Waals surface area (Å²) in [5, 5.41) is 11.0. The summed E-state index contributed by atoms with van der Waals surface area (Å²) >= 11 is 5.80. The molecule has 3 rings (SSSR count). The van der Waals surface area contributed by atoms with E-state index in [1.807, 2.05) is 0 Å². The first-order valence-corrected chi connectivity index (χ1v) is 9.08. The van der Waals surface area contributed by atoms with Crippen molar-refractivity contribution in [1.82, 2.24) is 0 Å². The molecule has 1 aliphatic rings. The first-order chi connectivity index (χ1) is 14.3. The number of nitro benzene ring substituents is 1. The van der Waals surface area contributed by atoms with Gasteiger partial charge in [0.05, 0.1) is 11.5 Å². The molecule has 9 nitrogen and oxygen atoms in total. The van der Waals surface area contributed by atoms with E-state index >= 15 is 0 Å². The van der Waals surface area contributed by atoms with Crippen molar-refractivity contribution in [2.45, 2.75) is 13.8 Å². The number of cyclic esters (lactones) is 1. The number of halogens is 1. The molecule has 0 amide bonds. The lowest BCUT2D eigenvalue weighted by Gasteiger charge is -2.10. The molecular formula is C20H15ClN2O7. The lowest BCUT2D eigenvalue weighted by Crippen LogP contribution is -2.06. The van der Waals surface area contributed by atoms with Crippen molar-refractivity contribution in [2.24, 2.45) is 4.99 Å². The molecule has 1 heterocycles. The summed E-state index contributed by atoms with van der Waals surface area (Å²) in [6.45, 7) is 3.39. The number of nitrogens with zero attached hydrogens (tertiary/aromatic N) is 2. The van der Waals surface area contributed by atoms with E-state index < -0.39 is 16.9 Å². The summed E-state index contributed by atoms with van der Waals surface area (Å²) in [6.07, 6.45) is 1.46. The van der Waals surface area contributed by atoms with Crippen molar-refractivity contribution in [3.8, 4) is 11.5 Å². The number of nitro groups is 1. The highest BCUT2D eigenvalue weighted by Crippen LogP contribution is 2.31. The van der Waals surface area contributed by atoms with Gasteiger partial charge in [0.15, 0.2) is 17.2 Å². The zero-order valence-corrected chi connectivity index (χ0v) is 16.6. The number of hydrogen-bond donors (Lipinski definition) is 0. The van der Waals surface area contributed by atoms with Gasteiger partial charge in [-0.1, -0.05) is 17.7 Å². The molecule has 154 valence electrons. The van der Waals surface area contributed by atoms with Crippen LogP contribution < -0.4 is 9.47 Å². The van der Waals surface area contributed by atoms with Crippen LogP contribution in [0, 0.1) is 10.1 Å². The molecule has 10 heteroatoms. The average Bonchev–Trinajstić information content (AvgIpc) is 3.04. The number of esters is 2. The van der Waals surface area contributed by atoms with Crippen LogP contribution in [0.15, 0.2) is 47.1 Å². The number of benzene rings is 2. The van der Waals surface area contributed by atoms with Gasteiger partial charge in [0.25, 0.3) is 5.69 Å². The molecule has 0 aliphatic carbocycles. The summed E-state index contributed by atoms with van der Waals surface area (Å²) in [4.78, 5) is 38.0. The van der Waals surface area contributed by atoms with Gasteiger partial charge in [-0.3, -0.25) is 14.9 Å². The van der Waals surface area contributed by atoms with Crippen molar-refractivity contribution < 1.29 is 28.7 Å². The molecule has 0 N–H and O–H groups in total. The summed E-state index contributed by atoms with van der Waals surface area (Å²) in [5.41, 5.74) is 0.453. The zero-order chi connectivity index (χ0) is 21.8. The Kier molecular flexibility index (Phi) is 6.12. The first-order valence-electron chi connectivity index (χ1n) is 8.70. The third-order valence-corrected chi connectivity index (χ3v) is 4.15. The van der Waals surface area contributed by atoms with Crippen molar-refractivity contribution >= 4 is 41.2 Å². The number of aliphatic imine (C=N–C) groups is 1. The predicted molar refractivity (Wildman–Crippen MR) is 108 cm³/mol. The number of hydrogen-bond acceptors (Lipinski definition) is 8. The second kappa shape index (κ2) is 8.75. The van der Waals surface area contributed by atoms with E-state index in [4.69, 9.17) is 25.8 Å². The Hall–Kier alpha value is -3.72. The summed E-state index contributed by atoms with van der Waals surface area (Å²) < 4.78 is 15.7. The van der Waals surface area contributed by atoms with Crippen LogP contribution in [0.2, 0.25) is 5.02 Å². The quantitative estimate of drug-likeness (QED) is 0.224. The first kappa shape index (κ1) is 21.0. The highest BCUT2D eigenvalue weighted by atomic mass is 35.5. The molecule has 0 saturated carbocycles. The largest absolute Gasteiger partial charge is 0.490 e. The van der Waals surface area contributed by atoms with Gasteiger partial charge in [0, 0.05) is 18.6 Å². The van der Waals surface area contributed by atoms with Gasteiger partial charge < -0.3 is 14.2 Å². The van der Waals surface area contributed by atoms with Crippen LogP contribution in [-0.2, 0) is 14.3 Å². The average molecular weight is 431 g/mol. The lowest BCUT2D eigenvalue weighted by molar-refractivity contribution is -0.384. The van der Waals surface area contributed by atoms with E-state index in [2.05, 4.69) is 4.99 Å². The fourth-order valence-corrected chi connectivity index (χ4v) is 2.78. The van der Waals surface area contributed by atoms with Crippen LogP contribution in [0.3, 0.4) is 0 Å². The van der Waals surface area contributed by atoms with Crippen LogP contribution in [0.4, 0.5) is 5.69 Å². The third kappa shape index (κ3) is 4.64. The van der Waals surface area contributed by atoms with Crippen molar-refractivity contribution in [1.29, 1.82) is 0 Å².